The van der Waals surface area contributed by atoms with E-state index in [-0.39, 0.29) is 5.02 Å². The summed E-state index contributed by atoms with van der Waals surface area (Å²) >= 11 is 12.0. The maximum absolute atomic E-state index is 13.1. The Morgan fingerprint density at radius 2 is 1.90 bits per heavy atom. The molecule has 0 aromatic heterocycles. The van der Waals surface area contributed by atoms with Crippen LogP contribution < -0.4 is 10.1 Å². The quantitative estimate of drug-likeness (QED) is 0.818. The number of benzene rings is 2. The lowest BCUT2D eigenvalue weighted by Crippen LogP contribution is -2.15. The van der Waals surface area contributed by atoms with Crippen LogP contribution in [0.3, 0.4) is 0 Å². The predicted molar refractivity (Wildman–Crippen MR) is 82.8 cm³/mol. The molecule has 0 aliphatic heterocycles. The third-order valence-electron chi connectivity index (χ3n) is 3.30. The smallest absolute Gasteiger partial charge is 0.146 e. The van der Waals surface area contributed by atoms with Gasteiger partial charge in [-0.2, -0.15) is 0 Å². The van der Waals surface area contributed by atoms with Gasteiger partial charge in [-0.25, -0.2) is 4.39 Å². The molecule has 0 spiro atoms. The minimum atomic E-state index is -0.394. The van der Waals surface area contributed by atoms with Crippen LogP contribution in [-0.2, 0) is 6.54 Å². The van der Waals surface area contributed by atoms with Crippen LogP contribution >= 0.6 is 23.2 Å². The lowest BCUT2D eigenvalue weighted by molar-refractivity contribution is 0.471. The molecule has 0 atom stereocenters. The zero-order chi connectivity index (χ0) is 14.8. The summed E-state index contributed by atoms with van der Waals surface area (Å²) in [4.78, 5) is 0. The van der Waals surface area contributed by atoms with Crippen molar-refractivity contribution in [3.8, 4) is 11.5 Å². The minimum Gasteiger partial charge on any atom is -0.455 e. The molecule has 2 aromatic rings. The zero-order valence-electron chi connectivity index (χ0n) is 11.2. The van der Waals surface area contributed by atoms with Crippen molar-refractivity contribution in [1.82, 2.24) is 5.32 Å². The van der Waals surface area contributed by atoms with E-state index < -0.39 is 5.82 Å². The average Bonchev–Trinajstić information content (AvgIpc) is 3.25. The Kier molecular flexibility index (Phi) is 4.34. The lowest BCUT2D eigenvalue weighted by Gasteiger charge is -2.13. The SMILES string of the molecule is Fc1ccc(Oc2cc(Cl)ccc2CNC2CC2)c(Cl)c1. The summed E-state index contributed by atoms with van der Waals surface area (Å²) in [6, 6.07) is 10.1. The van der Waals surface area contributed by atoms with Gasteiger partial charge in [0.25, 0.3) is 0 Å². The van der Waals surface area contributed by atoms with Crippen molar-refractivity contribution in [3.63, 3.8) is 0 Å². The molecule has 0 unspecified atom stereocenters. The largest absolute Gasteiger partial charge is 0.455 e. The fourth-order valence-corrected chi connectivity index (χ4v) is 2.36. The van der Waals surface area contributed by atoms with Crippen LogP contribution in [0.4, 0.5) is 4.39 Å². The first kappa shape index (κ1) is 14.6. The Labute approximate surface area is 132 Å². The molecule has 1 aliphatic carbocycles. The molecular formula is C16H14Cl2FNO. The monoisotopic (exact) mass is 325 g/mol. The predicted octanol–water partition coefficient (Wildman–Crippen LogP) is 5.18. The van der Waals surface area contributed by atoms with Gasteiger partial charge in [0.2, 0.25) is 0 Å². The van der Waals surface area contributed by atoms with Gasteiger partial charge in [-0.1, -0.05) is 29.3 Å². The van der Waals surface area contributed by atoms with E-state index in [1.54, 1.807) is 6.07 Å². The van der Waals surface area contributed by atoms with Crippen molar-refractivity contribution in [2.24, 2.45) is 0 Å². The third-order valence-corrected chi connectivity index (χ3v) is 3.83. The number of hydrogen-bond donors (Lipinski definition) is 1. The molecule has 1 fully saturated rings. The topological polar surface area (TPSA) is 21.3 Å². The van der Waals surface area contributed by atoms with E-state index in [2.05, 4.69) is 5.32 Å². The van der Waals surface area contributed by atoms with Gasteiger partial charge in [0, 0.05) is 23.2 Å². The number of hydrogen-bond acceptors (Lipinski definition) is 2. The minimum absolute atomic E-state index is 0.232. The summed E-state index contributed by atoms with van der Waals surface area (Å²) in [7, 11) is 0. The number of halogens is 3. The second-order valence-electron chi connectivity index (χ2n) is 5.08. The first-order chi connectivity index (χ1) is 10.1. The molecule has 2 nitrogen and oxygen atoms in total. The van der Waals surface area contributed by atoms with Crippen molar-refractivity contribution in [3.05, 3.63) is 57.8 Å². The van der Waals surface area contributed by atoms with Crippen LogP contribution in [0.25, 0.3) is 0 Å². The van der Waals surface area contributed by atoms with Gasteiger partial charge in [-0.15, -0.1) is 0 Å². The lowest BCUT2D eigenvalue weighted by atomic mass is 10.2. The Bertz CT molecular complexity index is 659. The molecule has 1 saturated carbocycles. The van der Waals surface area contributed by atoms with Crippen LogP contribution in [0.15, 0.2) is 36.4 Å². The summed E-state index contributed by atoms with van der Waals surface area (Å²) < 4.78 is 18.9. The molecule has 2 aromatic carbocycles. The summed E-state index contributed by atoms with van der Waals surface area (Å²) in [6.45, 7) is 0.704. The number of rotatable bonds is 5. The van der Waals surface area contributed by atoms with Crippen LogP contribution in [0.5, 0.6) is 11.5 Å². The summed E-state index contributed by atoms with van der Waals surface area (Å²) in [5.41, 5.74) is 0.992. The van der Waals surface area contributed by atoms with Gasteiger partial charge < -0.3 is 10.1 Å². The summed E-state index contributed by atoms with van der Waals surface area (Å²) in [6.07, 6.45) is 2.43. The van der Waals surface area contributed by atoms with Crippen molar-refractivity contribution in [2.75, 3.05) is 0 Å². The maximum atomic E-state index is 13.1. The molecule has 1 aliphatic rings. The Morgan fingerprint density at radius 1 is 1.10 bits per heavy atom. The second-order valence-corrected chi connectivity index (χ2v) is 5.93. The Hall–Kier alpha value is -1.29. The van der Waals surface area contributed by atoms with Gasteiger partial charge in [0.1, 0.15) is 17.3 Å². The van der Waals surface area contributed by atoms with E-state index in [1.165, 1.54) is 31.0 Å². The fourth-order valence-electron chi connectivity index (χ4n) is 1.99. The van der Waals surface area contributed by atoms with Crippen molar-refractivity contribution >= 4 is 23.2 Å². The molecule has 0 saturated heterocycles. The third kappa shape index (κ3) is 3.88. The van der Waals surface area contributed by atoms with Gasteiger partial charge in [-0.05, 0) is 43.2 Å². The second kappa shape index (κ2) is 6.22. The van der Waals surface area contributed by atoms with E-state index in [4.69, 9.17) is 27.9 Å². The molecule has 0 amide bonds. The Balaban J connectivity index is 1.83. The molecule has 0 bridgehead atoms. The molecule has 3 rings (SSSR count). The van der Waals surface area contributed by atoms with Gasteiger partial charge in [0.05, 0.1) is 5.02 Å². The highest BCUT2D eigenvalue weighted by atomic mass is 35.5. The highest BCUT2D eigenvalue weighted by Gasteiger charge is 2.20. The molecular weight excluding hydrogens is 312 g/mol. The first-order valence-electron chi connectivity index (χ1n) is 6.76. The molecule has 5 heteroatoms. The highest BCUT2D eigenvalue weighted by molar-refractivity contribution is 6.32. The average molecular weight is 326 g/mol. The molecule has 0 heterocycles. The fraction of sp³-hybridized carbons (Fsp3) is 0.250. The van der Waals surface area contributed by atoms with Crippen molar-refractivity contribution < 1.29 is 9.13 Å². The first-order valence-corrected chi connectivity index (χ1v) is 7.52. The molecule has 1 N–H and O–H groups in total. The summed E-state index contributed by atoms with van der Waals surface area (Å²) in [5, 5.41) is 4.24. The van der Waals surface area contributed by atoms with Crippen molar-refractivity contribution in [1.29, 1.82) is 0 Å². The van der Waals surface area contributed by atoms with Gasteiger partial charge in [0.15, 0.2) is 0 Å². The number of ether oxygens (including phenoxy) is 1. The van der Waals surface area contributed by atoms with E-state index in [0.717, 1.165) is 5.56 Å². The summed E-state index contributed by atoms with van der Waals surface area (Å²) in [5.74, 6) is 0.645. The van der Waals surface area contributed by atoms with Crippen molar-refractivity contribution in [2.45, 2.75) is 25.4 Å². The maximum Gasteiger partial charge on any atom is 0.146 e. The van der Waals surface area contributed by atoms with E-state index >= 15 is 0 Å². The van der Waals surface area contributed by atoms with Crippen LogP contribution in [0.1, 0.15) is 18.4 Å². The van der Waals surface area contributed by atoms with E-state index in [9.17, 15) is 4.39 Å². The van der Waals surface area contributed by atoms with Crippen LogP contribution in [0.2, 0.25) is 10.0 Å². The molecule has 110 valence electrons. The van der Waals surface area contributed by atoms with Gasteiger partial charge >= 0.3 is 0 Å². The standard InChI is InChI=1S/C16H14Cl2FNO/c17-11-2-1-10(9-20-13-4-5-13)16(7-11)21-15-6-3-12(19)8-14(15)18/h1-3,6-8,13,20H,4-5,9H2. The normalized spacial score (nSPS) is 14.2. The molecule has 0 radical (unpaired) electrons. The highest BCUT2D eigenvalue weighted by Crippen LogP contribution is 2.33. The van der Waals surface area contributed by atoms with Crippen LogP contribution in [-0.4, -0.2) is 6.04 Å². The Morgan fingerprint density at radius 3 is 2.62 bits per heavy atom. The van der Waals surface area contributed by atoms with E-state index in [1.807, 2.05) is 12.1 Å². The number of nitrogens with one attached hydrogen (secondary N) is 1. The zero-order valence-corrected chi connectivity index (χ0v) is 12.7. The van der Waals surface area contributed by atoms with E-state index in [0.29, 0.717) is 29.1 Å². The van der Waals surface area contributed by atoms with Gasteiger partial charge in [-0.3, -0.25) is 0 Å². The molecule has 21 heavy (non-hydrogen) atoms. The van der Waals surface area contributed by atoms with Crippen LogP contribution in [0, 0.1) is 5.82 Å².